The lowest BCUT2D eigenvalue weighted by Crippen LogP contribution is -3.13. The molecule has 2 aromatic carbocycles. The van der Waals surface area contributed by atoms with Gasteiger partial charge in [0.05, 0.1) is 37.6 Å². The molecule has 2 aliphatic heterocycles. The van der Waals surface area contributed by atoms with E-state index in [1.54, 1.807) is 16.7 Å². The number of carbonyl (C=O) groups excluding carboxylic acids is 1. The van der Waals surface area contributed by atoms with Crippen LogP contribution in [0.4, 0.5) is 5.69 Å². The molecule has 0 spiro atoms. The van der Waals surface area contributed by atoms with Crippen LogP contribution in [0.15, 0.2) is 65.7 Å². The third kappa shape index (κ3) is 5.86. The molecule has 2 heterocycles. The van der Waals surface area contributed by atoms with E-state index >= 15 is 0 Å². The van der Waals surface area contributed by atoms with Crippen molar-refractivity contribution >= 4 is 28.5 Å². The van der Waals surface area contributed by atoms with E-state index in [-0.39, 0.29) is 5.91 Å². The van der Waals surface area contributed by atoms with Crippen LogP contribution in [0.3, 0.4) is 0 Å². The third-order valence-electron chi connectivity index (χ3n) is 5.80. The molecule has 2 fully saturated rings. The molecule has 1 N–H and O–H groups in total. The maximum atomic E-state index is 12.6. The van der Waals surface area contributed by atoms with Crippen molar-refractivity contribution in [2.24, 2.45) is 4.99 Å². The summed E-state index contributed by atoms with van der Waals surface area (Å²) >= 11 is 1.60. The number of hydrogen-bond acceptors (Lipinski definition) is 3. The summed E-state index contributed by atoms with van der Waals surface area (Å²) in [6, 6.07) is 20.8. The number of hydrogen-bond donors (Lipinski definition) is 1. The topological polar surface area (TPSA) is 40.4 Å². The number of nitrogens with one attached hydrogen (secondary N) is 1. The van der Waals surface area contributed by atoms with Crippen LogP contribution < -0.4 is 4.90 Å². The smallest absolute Gasteiger partial charge is 0.233 e. The number of benzene rings is 2. The number of quaternary nitrogens is 1. The van der Waals surface area contributed by atoms with Crippen LogP contribution in [-0.4, -0.2) is 65.9 Å². The van der Waals surface area contributed by atoms with Gasteiger partial charge >= 0.3 is 0 Å². The number of rotatable bonds is 5. The van der Waals surface area contributed by atoms with Crippen LogP contribution in [-0.2, 0) is 11.3 Å². The molecule has 158 valence electrons. The van der Waals surface area contributed by atoms with E-state index in [1.807, 2.05) is 35.2 Å². The molecule has 30 heavy (non-hydrogen) atoms. The quantitative estimate of drug-likeness (QED) is 0.593. The van der Waals surface area contributed by atoms with Gasteiger partial charge in [-0.2, -0.15) is 0 Å². The fraction of sp³-hybridized carbons (Fsp3) is 0.417. The predicted molar refractivity (Wildman–Crippen MR) is 124 cm³/mol. The van der Waals surface area contributed by atoms with Gasteiger partial charge in [-0.25, -0.2) is 4.99 Å². The molecule has 2 saturated heterocycles. The number of thioether (sulfide) groups is 1. The summed E-state index contributed by atoms with van der Waals surface area (Å²) in [5.74, 6) is 0.717. The first-order valence-electron chi connectivity index (χ1n) is 10.9. The number of likely N-dealkylation sites (tertiary alicyclic amines) is 1. The van der Waals surface area contributed by atoms with Gasteiger partial charge in [0.15, 0.2) is 5.17 Å². The standard InChI is InChI=1S/C24H30N4OS/c29-23(27-13-7-8-14-27)20-30-24(25-22-11-5-2-6-12-22)28-17-15-26(16-18-28)19-21-9-3-1-4-10-21/h1-6,9-12H,7-8,13-20H2/p+1. The van der Waals surface area contributed by atoms with Crippen molar-refractivity contribution in [2.45, 2.75) is 19.4 Å². The Labute approximate surface area is 183 Å². The Morgan fingerprint density at radius 3 is 2.17 bits per heavy atom. The minimum atomic E-state index is 0.242. The Balaban J connectivity index is 1.38. The highest BCUT2D eigenvalue weighted by Crippen LogP contribution is 2.19. The fourth-order valence-corrected chi connectivity index (χ4v) is 5.04. The van der Waals surface area contributed by atoms with Crippen molar-refractivity contribution in [1.82, 2.24) is 9.80 Å². The molecule has 0 aromatic heterocycles. The first-order valence-corrected chi connectivity index (χ1v) is 11.9. The molecule has 4 rings (SSSR count). The van der Waals surface area contributed by atoms with E-state index in [9.17, 15) is 4.79 Å². The number of amides is 1. The van der Waals surface area contributed by atoms with Gasteiger partial charge in [0.2, 0.25) is 5.91 Å². The normalized spacial score (nSPS) is 18.1. The van der Waals surface area contributed by atoms with Crippen LogP contribution >= 0.6 is 11.8 Å². The SMILES string of the molecule is O=C(CSC(=Nc1ccccc1)N1CC[NH+](Cc2ccccc2)CC1)N1CCCC1. The first kappa shape index (κ1) is 20.9. The summed E-state index contributed by atoms with van der Waals surface area (Å²) in [6.07, 6.45) is 2.26. The monoisotopic (exact) mass is 423 g/mol. The molecule has 0 aliphatic carbocycles. The summed E-state index contributed by atoms with van der Waals surface area (Å²) in [5.41, 5.74) is 2.34. The number of nitrogens with zero attached hydrogens (tertiary/aromatic N) is 3. The molecular formula is C24H31N4OS+. The summed E-state index contributed by atoms with van der Waals surface area (Å²) in [6.45, 7) is 7.00. The van der Waals surface area contributed by atoms with Gasteiger partial charge in [-0.3, -0.25) is 4.79 Å². The number of carbonyl (C=O) groups is 1. The van der Waals surface area contributed by atoms with Gasteiger partial charge in [-0.1, -0.05) is 60.3 Å². The van der Waals surface area contributed by atoms with Crippen molar-refractivity contribution in [1.29, 1.82) is 0 Å². The average Bonchev–Trinajstić information content (AvgIpc) is 3.34. The van der Waals surface area contributed by atoms with Crippen LogP contribution in [0.5, 0.6) is 0 Å². The maximum absolute atomic E-state index is 12.6. The van der Waals surface area contributed by atoms with Gasteiger partial charge in [-0.15, -0.1) is 0 Å². The van der Waals surface area contributed by atoms with E-state index in [0.29, 0.717) is 5.75 Å². The molecule has 5 nitrogen and oxygen atoms in total. The zero-order valence-electron chi connectivity index (χ0n) is 17.5. The molecule has 0 radical (unpaired) electrons. The Hall–Kier alpha value is -2.31. The van der Waals surface area contributed by atoms with E-state index < -0.39 is 0 Å². The van der Waals surface area contributed by atoms with E-state index in [4.69, 9.17) is 4.99 Å². The van der Waals surface area contributed by atoms with Crippen molar-refractivity contribution in [3.8, 4) is 0 Å². The second-order valence-corrected chi connectivity index (χ2v) is 8.95. The highest BCUT2D eigenvalue weighted by Gasteiger charge is 2.25. The molecule has 1 amide bonds. The van der Waals surface area contributed by atoms with Gasteiger partial charge in [0.25, 0.3) is 0 Å². The molecule has 2 aromatic rings. The lowest BCUT2D eigenvalue weighted by atomic mass is 10.2. The summed E-state index contributed by atoms with van der Waals surface area (Å²) < 4.78 is 0. The highest BCUT2D eigenvalue weighted by atomic mass is 32.2. The minimum absolute atomic E-state index is 0.242. The summed E-state index contributed by atoms with van der Waals surface area (Å²) in [7, 11) is 0. The van der Waals surface area contributed by atoms with Gasteiger partial charge in [0, 0.05) is 18.7 Å². The molecular weight excluding hydrogens is 392 g/mol. The zero-order chi connectivity index (χ0) is 20.6. The molecule has 0 unspecified atom stereocenters. The lowest BCUT2D eigenvalue weighted by Gasteiger charge is -2.34. The van der Waals surface area contributed by atoms with Gasteiger partial charge in [-0.05, 0) is 25.0 Å². The molecule has 6 heteroatoms. The minimum Gasteiger partial charge on any atom is -0.342 e. The fourth-order valence-electron chi connectivity index (χ4n) is 4.07. The number of para-hydroxylation sites is 1. The van der Waals surface area contributed by atoms with Gasteiger partial charge in [0.1, 0.15) is 6.54 Å². The van der Waals surface area contributed by atoms with Crippen LogP contribution in [0.25, 0.3) is 0 Å². The lowest BCUT2D eigenvalue weighted by molar-refractivity contribution is -0.917. The Morgan fingerprint density at radius 2 is 1.50 bits per heavy atom. The van der Waals surface area contributed by atoms with Crippen molar-refractivity contribution in [2.75, 3.05) is 45.0 Å². The van der Waals surface area contributed by atoms with Crippen LogP contribution in [0.2, 0.25) is 0 Å². The van der Waals surface area contributed by atoms with E-state index in [1.165, 1.54) is 5.56 Å². The molecule has 0 atom stereocenters. The number of aliphatic imine (C=N–C) groups is 1. The van der Waals surface area contributed by atoms with E-state index in [2.05, 4.69) is 35.2 Å². The van der Waals surface area contributed by atoms with Crippen molar-refractivity contribution < 1.29 is 9.69 Å². The Kier molecular flexibility index (Phi) is 7.43. The second kappa shape index (κ2) is 10.6. The van der Waals surface area contributed by atoms with Crippen LogP contribution in [0, 0.1) is 0 Å². The van der Waals surface area contributed by atoms with Crippen LogP contribution in [0.1, 0.15) is 18.4 Å². The number of piperazine rings is 1. The van der Waals surface area contributed by atoms with E-state index in [0.717, 1.165) is 69.5 Å². The highest BCUT2D eigenvalue weighted by molar-refractivity contribution is 8.14. The largest absolute Gasteiger partial charge is 0.342 e. The zero-order valence-corrected chi connectivity index (χ0v) is 18.3. The van der Waals surface area contributed by atoms with Crippen molar-refractivity contribution in [3.63, 3.8) is 0 Å². The predicted octanol–water partition coefficient (Wildman–Crippen LogP) is 2.43. The summed E-state index contributed by atoms with van der Waals surface area (Å²) in [4.78, 5) is 23.4. The molecule has 0 saturated carbocycles. The molecule has 2 aliphatic rings. The summed E-state index contributed by atoms with van der Waals surface area (Å²) in [5, 5.41) is 0.979. The number of amidine groups is 1. The van der Waals surface area contributed by atoms with Crippen molar-refractivity contribution in [3.05, 3.63) is 66.2 Å². The maximum Gasteiger partial charge on any atom is 0.233 e. The van der Waals surface area contributed by atoms with Gasteiger partial charge < -0.3 is 14.7 Å². The molecule has 0 bridgehead atoms. The third-order valence-corrected chi connectivity index (χ3v) is 6.80. The Morgan fingerprint density at radius 1 is 0.867 bits per heavy atom. The second-order valence-electron chi connectivity index (χ2n) is 8.01. The Bertz CT molecular complexity index is 829. The first-order chi connectivity index (χ1) is 14.8. The average molecular weight is 424 g/mol.